The number of hydrogen-bond acceptors (Lipinski definition) is 2. The first-order chi connectivity index (χ1) is 13.7. The van der Waals surface area contributed by atoms with Crippen LogP contribution in [0.2, 0.25) is 0 Å². The first-order valence-corrected chi connectivity index (χ1v) is 11.0. The van der Waals surface area contributed by atoms with Crippen LogP contribution in [0.25, 0.3) is 0 Å². The summed E-state index contributed by atoms with van der Waals surface area (Å²) in [6.07, 6.45) is 3.09. The summed E-state index contributed by atoms with van der Waals surface area (Å²) in [7, 11) is 0. The molecule has 2 bridgehead atoms. The molecule has 0 radical (unpaired) electrons. The average molecular weight is 528 g/mol. The Balaban J connectivity index is 0.000000141. The topological polar surface area (TPSA) is 54.4 Å². The van der Waals surface area contributed by atoms with E-state index in [-0.39, 0.29) is 35.2 Å². The van der Waals surface area contributed by atoms with Gasteiger partial charge in [0.25, 0.3) is 0 Å². The Morgan fingerprint density at radius 3 is 2.17 bits per heavy atom. The van der Waals surface area contributed by atoms with Crippen LogP contribution in [0.1, 0.15) is 59.0 Å². The molecule has 1 N–H and O–H groups in total. The van der Waals surface area contributed by atoms with Crippen LogP contribution in [0, 0.1) is 23.5 Å². The monoisotopic (exact) mass is 526 g/mol. The van der Waals surface area contributed by atoms with Gasteiger partial charge in [0.05, 0.1) is 14.9 Å². The lowest BCUT2D eigenvalue weighted by Crippen LogP contribution is -2.36. The van der Waals surface area contributed by atoms with Gasteiger partial charge in [0.1, 0.15) is 11.6 Å². The molecule has 0 amide bonds. The molecule has 4 aliphatic carbocycles. The summed E-state index contributed by atoms with van der Waals surface area (Å²) in [5.41, 5.74) is 2.54. The summed E-state index contributed by atoms with van der Waals surface area (Å²) in [6, 6.07) is 8.13. The van der Waals surface area contributed by atoms with Gasteiger partial charge in [-0.15, -0.1) is 0 Å². The zero-order valence-corrected chi connectivity index (χ0v) is 18.5. The normalized spacial score (nSPS) is 26.4. The molecule has 0 heterocycles. The molecule has 0 atom stereocenters. The molecule has 0 aromatic heterocycles. The molecule has 2 aromatic carbocycles. The number of ketones is 1. The molecule has 2 fully saturated rings. The van der Waals surface area contributed by atoms with Crippen LogP contribution in [0.3, 0.4) is 0 Å². The van der Waals surface area contributed by atoms with Crippen molar-refractivity contribution in [2.45, 2.75) is 37.5 Å². The van der Waals surface area contributed by atoms with Crippen molar-refractivity contribution in [3.8, 4) is 0 Å². The number of rotatable bonds is 2. The zero-order chi connectivity index (χ0) is 20.9. The summed E-state index contributed by atoms with van der Waals surface area (Å²) in [5, 5.41) is 8.72. The van der Waals surface area contributed by atoms with Gasteiger partial charge in [0.2, 0.25) is 0 Å². The van der Waals surface area contributed by atoms with E-state index in [0.29, 0.717) is 27.7 Å². The molecule has 2 saturated carbocycles. The number of carbonyl (C=O) groups is 2. The van der Waals surface area contributed by atoms with E-state index in [4.69, 9.17) is 5.11 Å². The van der Waals surface area contributed by atoms with E-state index in [0.717, 1.165) is 29.5 Å². The first-order valence-electron chi connectivity index (χ1n) is 9.45. The molecule has 0 unspecified atom stereocenters. The van der Waals surface area contributed by atoms with Gasteiger partial charge in [-0.05, 0) is 105 Å². The second-order valence-electron chi connectivity index (χ2n) is 7.96. The van der Waals surface area contributed by atoms with Gasteiger partial charge < -0.3 is 5.11 Å². The number of hydrogen-bond donors (Lipinski definition) is 1. The summed E-state index contributed by atoms with van der Waals surface area (Å²) in [6.45, 7) is 0. The number of halogens is 4. The lowest BCUT2D eigenvalue weighted by molar-refractivity contribution is -0.145. The summed E-state index contributed by atoms with van der Waals surface area (Å²) in [4.78, 5) is 22.4. The second-order valence-corrected chi connectivity index (χ2v) is 9.67. The van der Waals surface area contributed by atoms with Crippen molar-refractivity contribution in [2.24, 2.45) is 11.8 Å². The number of Topliss-reactive ketones (excluding diaryl/α,β-unsaturated/α-hetero) is 1. The lowest BCUT2D eigenvalue weighted by atomic mass is 9.62. The van der Waals surface area contributed by atoms with Crippen molar-refractivity contribution in [1.82, 2.24) is 0 Å². The highest BCUT2D eigenvalue weighted by molar-refractivity contribution is 9.10. The third-order valence-electron chi connectivity index (χ3n) is 6.21. The minimum atomic E-state index is -0.746. The Hall–Kier alpha value is -1.60. The van der Waals surface area contributed by atoms with E-state index in [1.807, 2.05) is 6.07 Å². The maximum absolute atomic E-state index is 13.3. The molecule has 0 aliphatic heterocycles. The number of benzene rings is 2. The minimum absolute atomic E-state index is 0.197. The molecule has 3 nitrogen and oxygen atoms in total. The van der Waals surface area contributed by atoms with Gasteiger partial charge in [0, 0.05) is 11.5 Å². The van der Waals surface area contributed by atoms with Crippen molar-refractivity contribution in [3.05, 3.63) is 67.6 Å². The smallest absolute Gasteiger partial charge is 0.306 e. The third kappa shape index (κ3) is 3.91. The van der Waals surface area contributed by atoms with Crippen LogP contribution >= 0.6 is 31.9 Å². The van der Waals surface area contributed by atoms with Crippen molar-refractivity contribution < 1.29 is 23.5 Å². The fraction of sp³-hybridized carbons (Fsp3) is 0.364. The highest BCUT2D eigenvalue weighted by Crippen LogP contribution is 2.50. The molecule has 0 spiro atoms. The van der Waals surface area contributed by atoms with Gasteiger partial charge in [-0.1, -0.05) is 6.07 Å². The van der Waals surface area contributed by atoms with Crippen molar-refractivity contribution in [2.75, 3.05) is 0 Å². The molecule has 6 rings (SSSR count). The molecule has 4 aliphatic rings. The minimum Gasteiger partial charge on any atom is -0.481 e. The summed E-state index contributed by atoms with van der Waals surface area (Å²) in [5.74, 6) is -0.504. The van der Waals surface area contributed by atoms with Crippen LogP contribution < -0.4 is 0 Å². The molecular formula is C22H18Br2F2O3. The van der Waals surface area contributed by atoms with Crippen molar-refractivity contribution >= 4 is 43.6 Å². The summed E-state index contributed by atoms with van der Waals surface area (Å²) >= 11 is 6.19. The van der Waals surface area contributed by atoms with Crippen molar-refractivity contribution in [1.29, 1.82) is 0 Å². The van der Waals surface area contributed by atoms with Crippen molar-refractivity contribution in [3.63, 3.8) is 0 Å². The molecule has 0 saturated heterocycles. The van der Waals surface area contributed by atoms with E-state index in [9.17, 15) is 18.4 Å². The number of carboxylic acid groups (broad SMARTS) is 1. The van der Waals surface area contributed by atoms with Crippen LogP contribution in [-0.2, 0) is 4.79 Å². The van der Waals surface area contributed by atoms with E-state index in [1.54, 1.807) is 12.1 Å². The second kappa shape index (κ2) is 7.91. The largest absolute Gasteiger partial charge is 0.481 e. The van der Waals surface area contributed by atoms with E-state index < -0.39 is 5.97 Å². The van der Waals surface area contributed by atoms with Gasteiger partial charge in [-0.25, -0.2) is 8.78 Å². The number of aliphatic carboxylic acids is 1. The standard InChI is InChI=1S/C11H10BrFO2.C11H8BrFO/c12-9-2-1-6(5-10(9)13)7-3-8(4-7)11(14)15;12-9-3-8-7(4-10(9)13)5-1-6(2-5)11(8)14/h1-2,5,7-8H,3-4H2,(H,14,15);3-6H,1-2H2. The zero-order valence-electron chi connectivity index (χ0n) is 15.3. The quantitative estimate of drug-likeness (QED) is 0.488. The first kappa shape index (κ1) is 20.7. The van der Waals surface area contributed by atoms with Gasteiger partial charge in [0.15, 0.2) is 5.78 Å². The van der Waals surface area contributed by atoms with E-state index >= 15 is 0 Å². The van der Waals surface area contributed by atoms with Crippen LogP contribution in [-0.4, -0.2) is 16.9 Å². The van der Waals surface area contributed by atoms with Gasteiger partial charge >= 0.3 is 5.97 Å². The van der Waals surface area contributed by atoms with Crippen LogP contribution in [0.5, 0.6) is 0 Å². The molecule has 2 aromatic rings. The highest BCUT2D eigenvalue weighted by Gasteiger charge is 2.43. The SMILES string of the molecule is O=C(O)C1CC(c2ccc(Br)c(F)c2)C1.O=C1c2cc(Br)c(F)cc2C2CC1C2. The van der Waals surface area contributed by atoms with Gasteiger partial charge in [-0.3, -0.25) is 9.59 Å². The molecular weight excluding hydrogens is 510 g/mol. The fourth-order valence-electron chi connectivity index (χ4n) is 4.28. The molecule has 7 heteroatoms. The molecule has 29 heavy (non-hydrogen) atoms. The van der Waals surface area contributed by atoms with Crippen LogP contribution in [0.15, 0.2) is 39.3 Å². The number of carbonyl (C=O) groups excluding carboxylic acids is 1. The van der Waals surface area contributed by atoms with Gasteiger partial charge in [-0.2, -0.15) is 0 Å². The maximum Gasteiger partial charge on any atom is 0.306 e. The Kier molecular flexibility index (Phi) is 5.64. The Labute approximate surface area is 183 Å². The van der Waals surface area contributed by atoms with E-state index in [2.05, 4.69) is 31.9 Å². The fourth-order valence-corrected chi connectivity index (χ4v) is 4.87. The summed E-state index contributed by atoms with van der Waals surface area (Å²) < 4.78 is 27.3. The van der Waals surface area contributed by atoms with E-state index in [1.165, 1.54) is 12.1 Å². The average Bonchev–Trinajstić information content (AvgIpc) is 2.57. The Morgan fingerprint density at radius 1 is 0.897 bits per heavy atom. The molecule has 152 valence electrons. The Morgan fingerprint density at radius 2 is 1.55 bits per heavy atom. The maximum atomic E-state index is 13.3. The lowest BCUT2D eigenvalue weighted by Gasteiger charge is -2.41. The predicted molar refractivity (Wildman–Crippen MR) is 111 cm³/mol. The van der Waals surface area contributed by atoms with Crippen LogP contribution in [0.4, 0.5) is 8.78 Å². The highest BCUT2D eigenvalue weighted by atomic mass is 79.9. The Bertz CT molecular complexity index is 996. The third-order valence-corrected chi connectivity index (χ3v) is 7.46. The number of carboxylic acids is 1. The predicted octanol–water partition coefficient (Wildman–Crippen LogP) is 6.44.